The van der Waals surface area contributed by atoms with Gasteiger partial charge in [-0.25, -0.2) is 8.42 Å². The maximum absolute atomic E-state index is 12.7. The van der Waals surface area contributed by atoms with E-state index in [1.54, 1.807) is 32.9 Å². The van der Waals surface area contributed by atoms with Gasteiger partial charge in [-0.3, -0.25) is 4.79 Å². The molecule has 1 rings (SSSR count). The van der Waals surface area contributed by atoms with Crippen molar-refractivity contribution in [2.45, 2.75) is 45.1 Å². The molecule has 1 amide bonds. The second-order valence-corrected chi connectivity index (χ2v) is 8.02. The van der Waals surface area contributed by atoms with Crippen LogP contribution in [0, 0.1) is 6.92 Å². The summed E-state index contributed by atoms with van der Waals surface area (Å²) >= 11 is 0. The summed E-state index contributed by atoms with van der Waals surface area (Å²) in [6.07, 6.45) is 0. The van der Waals surface area contributed by atoms with E-state index >= 15 is 0 Å². The summed E-state index contributed by atoms with van der Waals surface area (Å²) in [6, 6.07) is 4.71. The van der Waals surface area contributed by atoms with Crippen LogP contribution in [0.25, 0.3) is 0 Å². The van der Waals surface area contributed by atoms with Gasteiger partial charge in [0.25, 0.3) is 5.91 Å². The molecule has 0 spiro atoms. The lowest BCUT2D eigenvalue weighted by Crippen LogP contribution is -2.48. The van der Waals surface area contributed by atoms with Crippen molar-refractivity contribution in [2.75, 3.05) is 19.6 Å². The Hall–Kier alpha value is -1.44. The highest BCUT2D eigenvalue weighted by Crippen LogP contribution is 2.21. The minimum atomic E-state index is -3.61. The molecule has 0 saturated carbocycles. The van der Waals surface area contributed by atoms with Gasteiger partial charge in [-0.15, -0.1) is 0 Å². The molecule has 0 aliphatic carbocycles. The largest absolute Gasteiger partial charge is 0.346 e. The van der Waals surface area contributed by atoms with E-state index in [0.717, 1.165) is 0 Å². The van der Waals surface area contributed by atoms with E-state index < -0.39 is 15.6 Å². The number of rotatable bonds is 7. The van der Waals surface area contributed by atoms with Crippen LogP contribution < -0.4 is 11.1 Å². The fourth-order valence-corrected chi connectivity index (χ4v) is 3.86. The van der Waals surface area contributed by atoms with Crippen LogP contribution in [0.2, 0.25) is 0 Å². The molecule has 1 aromatic rings. The average Bonchev–Trinajstić information content (AvgIpc) is 2.47. The summed E-state index contributed by atoms with van der Waals surface area (Å²) in [5, 5.41) is 2.81. The quantitative estimate of drug-likeness (QED) is 0.786. The Morgan fingerprint density at radius 2 is 1.83 bits per heavy atom. The maximum Gasteiger partial charge on any atom is 0.251 e. The topological polar surface area (TPSA) is 92.5 Å². The zero-order valence-electron chi connectivity index (χ0n) is 14.5. The molecule has 130 valence electrons. The number of nitrogens with two attached hydrogens (primary N) is 1. The van der Waals surface area contributed by atoms with Crippen molar-refractivity contribution < 1.29 is 13.2 Å². The molecule has 0 radical (unpaired) electrons. The highest BCUT2D eigenvalue weighted by atomic mass is 32.2. The van der Waals surface area contributed by atoms with Crippen molar-refractivity contribution in [1.29, 1.82) is 0 Å². The number of hydrogen-bond acceptors (Lipinski definition) is 4. The molecule has 7 heteroatoms. The molecule has 23 heavy (non-hydrogen) atoms. The van der Waals surface area contributed by atoms with E-state index in [1.807, 2.05) is 13.8 Å². The molecule has 0 aliphatic rings. The number of nitrogens with one attached hydrogen (secondary N) is 1. The Balaban J connectivity index is 3.26. The third-order valence-electron chi connectivity index (χ3n) is 3.74. The number of carbonyl (C=O) groups excluding carboxylic acids is 1. The van der Waals surface area contributed by atoms with Crippen molar-refractivity contribution in [1.82, 2.24) is 9.62 Å². The SMILES string of the molecule is CCN(CC)S(=O)(=O)c1cc(C(=O)NC(C)(C)CN)ccc1C. The van der Waals surface area contributed by atoms with Crippen LogP contribution >= 0.6 is 0 Å². The second-order valence-electron chi connectivity index (χ2n) is 6.11. The van der Waals surface area contributed by atoms with Crippen LogP contribution in [0.4, 0.5) is 0 Å². The Kier molecular flexibility index (Phi) is 6.33. The van der Waals surface area contributed by atoms with E-state index in [1.165, 1.54) is 10.4 Å². The monoisotopic (exact) mass is 341 g/mol. The normalized spacial score (nSPS) is 12.5. The second kappa shape index (κ2) is 7.42. The van der Waals surface area contributed by atoms with Gasteiger partial charge in [0.05, 0.1) is 4.90 Å². The highest BCUT2D eigenvalue weighted by Gasteiger charge is 2.26. The Morgan fingerprint density at radius 3 is 2.30 bits per heavy atom. The van der Waals surface area contributed by atoms with Crippen molar-refractivity contribution >= 4 is 15.9 Å². The highest BCUT2D eigenvalue weighted by molar-refractivity contribution is 7.89. The zero-order chi connectivity index (χ0) is 17.8. The summed E-state index contributed by atoms with van der Waals surface area (Å²) in [6.45, 7) is 9.98. The number of sulfonamides is 1. The van der Waals surface area contributed by atoms with Crippen LogP contribution in [0.3, 0.4) is 0 Å². The third-order valence-corrected chi connectivity index (χ3v) is 5.93. The van der Waals surface area contributed by atoms with Gasteiger partial charge in [0, 0.05) is 30.7 Å². The van der Waals surface area contributed by atoms with Gasteiger partial charge in [0.15, 0.2) is 0 Å². The lowest BCUT2D eigenvalue weighted by molar-refractivity contribution is 0.0915. The van der Waals surface area contributed by atoms with Crippen molar-refractivity contribution in [3.05, 3.63) is 29.3 Å². The maximum atomic E-state index is 12.7. The molecule has 3 N–H and O–H groups in total. The Morgan fingerprint density at radius 1 is 1.26 bits per heavy atom. The van der Waals surface area contributed by atoms with Crippen molar-refractivity contribution in [3.8, 4) is 0 Å². The van der Waals surface area contributed by atoms with Gasteiger partial charge < -0.3 is 11.1 Å². The summed E-state index contributed by atoms with van der Waals surface area (Å²) in [7, 11) is -3.61. The predicted octanol–water partition coefficient (Wildman–Crippen LogP) is 1.49. The fraction of sp³-hybridized carbons (Fsp3) is 0.562. The Bertz CT molecular complexity index is 665. The van der Waals surface area contributed by atoms with Crippen molar-refractivity contribution in [2.24, 2.45) is 5.73 Å². The van der Waals surface area contributed by atoms with Crippen molar-refractivity contribution in [3.63, 3.8) is 0 Å². The van der Waals surface area contributed by atoms with E-state index in [-0.39, 0.29) is 17.3 Å². The lowest BCUT2D eigenvalue weighted by atomic mass is 10.0. The van der Waals surface area contributed by atoms with Gasteiger partial charge in [0.2, 0.25) is 10.0 Å². The van der Waals surface area contributed by atoms with E-state index in [2.05, 4.69) is 5.32 Å². The molecule has 0 unspecified atom stereocenters. The Labute approximate surface area is 139 Å². The number of hydrogen-bond donors (Lipinski definition) is 2. The minimum absolute atomic E-state index is 0.166. The molecular formula is C16H27N3O3S. The molecule has 0 atom stereocenters. The van der Waals surface area contributed by atoms with Crippen LogP contribution in [0.5, 0.6) is 0 Å². The number of amides is 1. The number of carbonyl (C=O) groups is 1. The summed E-state index contributed by atoms with van der Waals surface area (Å²) < 4.78 is 26.8. The molecule has 1 aromatic carbocycles. The van der Waals surface area contributed by atoms with E-state index in [4.69, 9.17) is 5.73 Å². The molecule has 0 bridgehead atoms. The molecule has 0 aromatic heterocycles. The summed E-state index contributed by atoms with van der Waals surface area (Å²) in [5.41, 5.74) is 5.98. The standard InChI is InChI=1S/C16H27N3O3S/c1-6-19(7-2)23(21,22)14-10-13(9-8-12(14)3)15(20)18-16(4,5)11-17/h8-10H,6-7,11,17H2,1-5H3,(H,18,20). The van der Waals surface area contributed by atoms with Gasteiger partial charge in [-0.05, 0) is 38.5 Å². The van der Waals surface area contributed by atoms with E-state index in [9.17, 15) is 13.2 Å². The smallest absolute Gasteiger partial charge is 0.251 e. The zero-order valence-corrected chi connectivity index (χ0v) is 15.3. The van der Waals surface area contributed by atoms with E-state index in [0.29, 0.717) is 24.2 Å². The molecular weight excluding hydrogens is 314 g/mol. The molecule has 0 aliphatic heterocycles. The van der Waals surface area contributed by atoms with Gasteiger partial charge in [0.1, 0.15) is 0 Å². The summed E-state index contributed by atoms with van der Waals surface area (Å²) in [5.74, 6) is -0.337. The number of benzene rings is 1. The first-order valence-corrected chi connectivity index (χ1v) is 9.16. The van der Waals surface area contributed by atoms with Crippen LogP contribution in [-0.4, -0.2) is 43.8 Å². The average molecular weight is 341 g/mol. The van der Waals surface area contributed by atoms with Crippen LogP contribution in [0.1, 0.15) is 43.6 Å². The van der Waals surface area contributed by atoms with Gasteiger partial charge in [-0.2, -0.15) is 4.31 Å². The summed E-state index contributed by atoms with van der Waals surface area (Å²) in [4.78, 5) is 12.5. The molecule has 0 saturated heterocycles. The van der Waals surface area contributed by atoms with Gasteiger partial charge >= 0.3 is 0 Å². The third kappa shape index (κ3) is 4.53. The first-order chi connectivity index (χ1) is 10.6. The molecule has 6 nitrogen and oxygen atoms in total. The van der Waals surface area contributed by atoms with Crippen LogP contribution in [-0.2, 0) is 10.0 Å². The minimum Gasteiger partial charge on any atom is -0.346 e. The van der Waals surface area contributed by atoms with Gasteiger partial charge in [-0.1, -0.05) is 19.9 Å². The lowest BCUT2D eigenvalue weighted by Gasteiger charge is -2.25. The van der Waals surface area contributed by atoms with Crippen LogP contribution in [0.15, 0.2) is 23.1 Å². The predicted molar refractivity (Wildman–Crippen MR) is 91.9 cm³/mol. The number of nitrogens with zero attached hydrogens (tertiary/aromatic N) is 1. The molecule has 0 fully saturated rings. The first-order valence-electron chi connectivity index (χ1n) is 7.72. The molecule has 0 heterocycles. The first kappa shape index (κ1) is 19.6. The number of aryl methyl sites for hydroxylation is 1. The fourth-order valence-electron chi connectivity index (χ4n) is 2.15.